The molecule has 1 aliphatic rings. The number of amides is 2. The fraction of sp³-hybridized carbons (Fsp3) is 0.429. The second-order valence-corrected chi connectivity index (χ2v) is 5.34. The maximum atomic E-state index is 11.3. The number of nitrogens with two attached hydrogens (primary N) is 1. The molecule has 1 atom stereocenters. The number of carbonyl (C=O) groups excluding carboxylic acids is 1. The molecule has 0 saturated carbocycles. The van der Waals surface area contributed by atoms with Crippen LogP contribution in [0.3, 0.4) is 0 Å². The molecule has 1 heterocycles. The van der Waals surface area contributed by atoms with Crippen LogP contribution in [0.4, 0.5) is 4.79 Å². The molecule has 21 heavy (non-hydrogen) atoms. The van der Waals surface area contributed by atoms with Crippen molar-refractivity contribution in [3.8, 4) is 5.75 Å². The van der Waals surface area contributed by atoms with Crippen molar-refractivity contribution in [3.63, 3.8) is 0 Å². The van der Waals surface area contributed by atoms with Crippen LogP contribution in [0.5, 0.6) is 5.75 Å². The van der Waals surface area contributed by atoms with Gasteiger partial charge in [0.15, 0.2) is 0 Å². The molecular formula is C14H18N2O5. The van der Waals surface area contributed by atoms with Gasteiger partial charge < -0.3 is 25.6 Å². The van der Waals surface area contributed by atoms with Crippen LogP contribution < -0.4 is 15.8 Å². The molecule has 114 valence electrons. The number of ether oxygens (including phenoxy) is 2. The smallest absolute Gasteiger partial charge is 0.405 e. The summed E-state index contributed by atoms with van der Waals surface area (Å²) in [7, 11) is 0. The van der Waals surface area contributed by atoms with E-state index in [1.165, 1.54) is 0 Å². The highest BCUT2D eigenvalue weighted by molar-refractivity contribution is 5.84. The Morgan fingerprint density at radius 2 is 2.19 bits per heavy atom. The van der Waals surface area contributed by atoms with Crippen LogP contribution in [0, 0.1) is 0 Å². The molecule has 2 rings (SSSR count). The van der Waals surface area contributed by atoms with E-state index < -0.39 is 23.8 Å². The SMILES string of the molecule is CC1(C)OCc2cc(CC(NC(=O)O)C(N)=O)ccc2O1. The Balaban J connectivity index is 2.15. The topological polar surface area (TPSA) is 111 Å². The van der Waals surface area contributed by atoms with Crippen LogP contribution in [0.2, 0.25) is 0 Å². The van der Waals surface area contributed by atoms with Gasteiger partial charge in [-0.25, -0.2) is 4.79 Å². The van der Waals surface area contributed by atoms with Crippen molar-refractivity contribution in [1.82, 2.24) is 5.32 Å². The van der Waals surface area contributed by atoms with Crippen molar-refractivity contribution in [3.05, 3.63) is 29.3 Å². The Kier molecular flexibility index (Phi) is 4.04. The minimum absolute atomic E-state index is 0.179. The Labute approximate surface area is 122 Å². The number of rotatable bonds is 4. The molecule has 1 aromatic rings. The monoisotopic (exact) mass is 294 g/mol. The lowest BCUT2D eigenvalue weighted by Crippen LogP contribution is -2.45. The summed E-state index contributed by atoms with van der Waals surface area (Å²) < 4.78 is 11.2. The fourth-order valence-corrected chi connectivity index (χ4v) is 2.13. The van der Waals surface area contributed by atoms with Gasteiger partial charge in [0.1, 0.15) is 11.8 Å². The first-order chi connectivity index (χ1) is 9.77. The molecule has 0 bridgehead atoms. The summed E-state index contributed by atoms with van der Waals surface area (Å²) in [6.07, 6.45) is -1.11. The Morgan fingerprint density at radius 3 is 2.81 bits per heavy atom. The third-order valence-electron chi connectivity index (χ3n) is 3.14. The van der Waals surface area contributed by atoms with Gasteiger partial charge in [0.2, 0.25) is 11.7 Å². The number of hydrogen-bond acceptors (Lipinski definition) is 4. The zero-order chi connectivity index (χ0) is 15.6. The summed E-state index contributed by atoms with van der Waals surface area (Å²) in [6, 6.07) is 4.42. The number of carbonyl (C=O) groups is 2. The standard InChI is InChI=1S/C14H18N2O5/c1-14(2)20-7-9-5-8(3-4-11(9)21-14)6-10(12(15)17)16-13(18)19/h3-5,10,16H,6-7H2,1-2H3,(H2,15,17)(H,18,19). The van der Waals surface area contributed by atoms with Gasteiger partial charge in [-0.2, -0.15) is 0 Å². The number of carboxylic acid groups (broad SMARTS) is 1. The molecule has 0 spiro atoms. The molecule has 7 heteroatoms. The van der Waals surface area contributed by atoms with E-state index in [2.05, 4.69) is 5.32 Å². The van der Waals surface area contributed by atoms with Crippen molar-refractivity contribution in [1.29, 1.82) is 0 Å². The zero-order valence-electron chi connectivity index (χ0n) is 11.9. The van der Waals surface area contributed by atoms with Gasteiger partial charge >= 0.3 is 6.09 Å². The van der Waals surface area contributed by atoms with E-state index in [0.717, 1.165) is 16.9 Å². The quantitative estimate of drug-likeness (QED) is 0.767. The van der Waals surface area contributed by atoms with Gasteiger partial charge in [-0.3, -0.25) is 4.79 Å². The summed E-state index contributed by atoms with van der Waals surface area (Å²) in [5, 5.41) is 10.8. The molecule has 7 nitrogen and oxygen atoms in total. The average molecular weight is 294 g/mol. The maximum Gasteiger partial charge on any atom is 0.405 e. The summed E-state index contributed by atoms with van der Waals surface area (Å²) in [6.45, 7) is 4.04. The lowest BCUT2D eigenvalue weighted by atomic mass is 10.0. The minimum Gasteiger partial charge on any atom is -0.465 e. The van der Waals surface area contributed by atoms with Crippen molar-refractivity contribution in [2.75, 3.05) is 0 Å². The van der Waals surface area contributed by atoms with E-state index in [1.807, 2.05) is 19.9 Å². The lowest BCUT2D eigenvalue weighted by molar-refractivity contribution is -0.180. The Bertz CT molecular complexity index is 570. The molecule has 2 amide bonds. The van der Waals surface area contributed by atoms with E-state index in [-0.39, 0.29) is 6.42 Å². The number of primary amides is 1. The van der Waals surface area contributed by atoms with Crippen LogP contribution >= 0.6 is 0 Å². The largest absolute Gasteiger partial charge is 0.465 e. The zero-order valence-corrected chi connectivity index (χ0v) is 11.9. The molecule has 0 radical (unpaired) electrons. The molecule has 1 unspecified atom stereocenters. The Morgan fingerprint density at radius 1 is 1.48 bits per heavy atom. The number of benzene rings is 1. The number of nitrogens with one attached hydrogen (secondary N) is 1. The van der Waals surface area contributed by atoms with E-state index in [4.69, 9.17) is 20.3 Å². The van der Waals surface area contributed by atoms with Gasteiger partial charge in [0, 0.05) is 25.8 Å². The van der Waals surface area contributed by atoms with Gasteiger partial charge in [-0.1, -0.05) is 6.07 Å². The van der Waals surface area contributed by atoms with Gasteiger partial charge in [-0.05, 0) is 17.7 Å². The van der Waals surface area contributed by atoms with Crippen molar-refractivity contribution >= 4 is 12.0 Å². The minimum atomic E-state index is -1.29. The normalized spacial score (nSPS) is 17.2. The molecule has 0 aliphatic carbocycles. The predicted molar refractivity (Wildman–Crippen MR) is 73.8 cm³/mol. The molecule has 4 N–H and O–H groups in total. The van der Waals surface area contributed by atoms with E-state index in [0.29, 0.717) is 6.61 Å². The highest BCUT2D eigenvalue weighted by Gasteiger charge is 2.27. The molecule has 0 fully saturated rings. The van der Waals surface area contributed by atoms with E-state index >= 15 is 0 Å². The first-order valence-electron chi connectivity index (χ1n) is 6.50. The average Bonchev–Trinajstić information content (AvgIpc) is 2.37. The molecule has 0 saturated heterocycles. The third-order valence-corrected chi connectivity index (χ3v) is 3.14. The van der Waals surface area contributed by atoms with Gasteiger partial charge in [0.25, 0.3) is 0 Å². The van der Waals surface area contributed by atoms with Gasteiger partial charge in [0.05, 0.1) is 6.61 Å². The van der Waals surface area contributed by atoms with Crippen LogP contribution in [0.15, 0.2) is 18.2 Å². The fourth-order valence-electron chi connectivity index (χ4n) is 2.13. The van der Waals surface area contributed by atoms with Crippen LogP contribution in [0.1, 0.15) is 25.0 Å². The van der Waals surface area contributed by atoms with Gasteiger partial charge in [-0.15, -0.1) is 0 Å². The van der Waals surface area contributed by atoms with Crippen LogP contribution in [-0.2, 0) is 22.6 Å². The number of fused-ring (bicyclic) bond motifs is 1. The first-order valence-corrected chi connectivity index (χ1v) is 6.50. The molecule has 1 aromatic carbocycles. The molecule has 1 aliphatic heterocycles. The molecular weight excluding hydrogens is 276 g/mol. The van der Waals surface area contributed by atoms with E-state index in [1.54, 1.807) is 12.1 Å². The number of hydrogen-bond donors (Lipinski definition) is 3. The molecule has 0 aromatic heterocycles. The predicted octanol–water partition coefficient (Wildman–Crippen LogP) is 0.996. The van der Waals surface area contributed by atoms with Crippen molar-refractivity contribution in [2.24, 2.45) is 5.73 Å². The highest BCUT2D eigenvalue weighted by Crippen LogP contribution is 2.31. The highest BCUT2D eigenvalue weighted by atomic mass is 16.7. The summed E-state index contributed by atoms with van der Waals surface area (Å²) in [5.74, 6) is -0.671. The summed E-state index contributed by atoms with van der Waals surface area (Å²) in [4.78, 5) is 21.9. The maximum absolute atomic E-state index is 11.3. The second kappa shape index (κ2) is 5.61. The second-order valence-electron chi connectivity index (χ2n) is 5.34. The van der Waals surface area contributed by atoms with Crippen LogP contribution in [-0.4, -0.2) is 28.9 Å². The first kappa shape index (κ1) is 15.1. The summed E-state index contributed by atoms with van der Waals surface area (Å²) in [5.41, 5.74) is 6.82. The van der Waals surface area contributed by atoms with Crippen LogP contribution in [0.25, 0.3) is 0 Å². The third kappa shape index (κ3) is 3.85. The van der Waals surface area contributed by atoms with Crippen molar-refractivity contribution in [2.45, 2.75) is 38.7 Å². The Hall–Kier alpha value is -2.28. The summed E-state index contributed by atoms with van der Waals surface area (Å²) >= 11 is 0. The van der Waals surface area contributed by atoms with E-state index in [9.17, 15) is 9.59 Å². The van der Waals surface area contributed by atoms with Crippen molar-refractivity contribution < 1.29 is 24.2 Å². The lowest BCUT2D eigenvalue weighted by Gasteiger charge is -2.32.